The molecule has 0 fully saturated rings. The molecule has 0 aliphatic carbocycles. The van der Waals surface area contributed by atoms with E-state index in [1.165, 1.54) is 0 Å². The lowest BCUT2D eigenvalue weighted by atomic mass is 10.1. The lowest BCUT2D eigenvalue weighted by Crippen LogP contribution is -2.16. The van der Waals surface area contributed by atoms with Crippen LogP contribution in [0, 0.1) is 6.92 Å². The number of para-hydroxylation sites is 1. The van der Waals surface area contributed by atoms with Gasteiger partial charge in [-0.05, 0) is 31.2 Å². The van der Waals surface area contributed by atoms with Crippen molar-refractivity contribution in [3.63, 3.8) is 0 Å². The van der Waals surface area contributed by atoms with Crippen LogP contribution in [0.3, 0.4) is 0 Å². The fraction of sp³-hybridized carbons (Fsp3) is 0.133. The molecule has 0 aliphatic rings. The minimum absolute atomic E-state index is 0.249. The molecule has 1 unspecified atom stereocenters. The molecule has 96 valence electrons. The Morgan fingerprint density at radius 3 is 2.63 bits per heavy atom. The standard InChI is InChI=1S/C15H15N3O/c1-11-13(8-10-19-11)15(16)14-7-9-17-18(14)12-5-3-2-4-6-12/h2-10,15H,16H2,1H3. The molecule has 0 bridgehead atoms. The van der Waals surface area contributed by atoms with Crippen molar-refractivity contribution in [2.45, 2.75) is 13.0 Å². The number of aromatic nitrogens is 2. The summed E-state index contributed by atoms with van der Waals surface area (Å²) in [5.41, 5.74) is 9.25. The van der Waals surface area contributed by atoms with Crippen molar-refractivity contribution < 1.29 is 4.42 Å². The van der Waals surface area contributed by atoms with Gasteiger partial charge in [-0.15, -0.1) is 0 Å². The maximum atomic E-state index is 6.32. The molecular weight excluding hydrogens is 238 g/mol. The Balaban J connectivity index is 2.04. The van der Waals surface area contributed by atoms with Crippen LogP contribution in [0.5, 0.6) is 0 Å². The van der Waals surface area contributed by atoms with Crippen LogP contribution in [0.25, 0.3) is 5.69 Å². The third-order valence-corrected chi connectivity index (χ3v) is 3.23. The normalized spacial score (nSPS) is 12.5. The van der Waals surface area contributed by atoms with Gasteiger partial charge in [0.05, 0.1) is 23.7 Å². The number of nitrogens with two attached hydrogens (primary N) is 1. The predicted octanol–water partition coefficient (Wildman–Crippen LogP) is 2.82. The van der Waals surface area contributed by atoms with Crippen molar-refractivity contribution in [2.75, 3.05) is 0 Å². The van der Waals surface area contributed by atoms with Crippen LogP contribution >= 0.6 is 0 Å². The maximum Gasteiger partial charge on any atom is 0.105 e. The van der Waals surface area contributed by atoms with Crippen LogP contribution in [0.15, 0.2) is 59.3 Å². The van der Waals surface area contributed by atoms with Gasteiger partial charge in [-0.2, -0.15) is 5.10 Å². The van der Waals surface area contributed by atoms with E-state index < -0.39 is 0 Å². The van der Waals surface area contributed by atoms with Crippen molar-refractivity contribution in [1.29, 1.82) is 0 Å². The second-order valence-corrected chi connectivity index (χ2v) is 4.41. The molecule has 0 radical (unpaired) electrons. The minimum atomic E-state index is -0.249. The summed E-state index contributed by atoms with van der Waals surface area (Å²) in [5, 5.41) is 4.35. The third kappa shape index (κ3) is 2.06. The Hall–Kier alpha value is -2.33. The van der Waals surface area contributed by atoms with Crippen LogP contribution in [-0.4, -0.2) is 9.78 Å². The first-order valence-corrected chi connectivity index (χ1v) is 6.16. The van der Waals surface area contributed by atoms with E-state index in [1.54, 1.807) is 12.5 Å². The van der Waals surface area contributed by atoms with Crippen LogP contribution < -0.4 is 5.73 Å². The maximum absolute atomic E-state index is 6.32. The average Bonchev–Trinajstić information content (AvgIpc) is 3.07. The van der Waals surface area contributed by atoms with Crippen molar-refractivity contribution in [1.82, 2.24) is 9.78 Å². The molecule has 1 atom stereocenters. The topological polar surface area (TPSA) is 57.0 Å². The highest BCUT2D eigenvalue weighted by Crippen LogP contribution is 2.24. The number of benzene rings is 1. The van der Waals surface area contributed by atoms with Gasteiger partial charge in [0.1, 0.15) is 5.76 Å². The number of hydrogen-bond donors (Lipinski definition) is 1. The highest BCUT2D eigenvalue weighted by atomic mass is 16.3. The van der Waals surface area contributed by atoms with Gasteiger partial charge in [0.2, 0.25) is 0 Å². The Labute approximate surface area is 111 Å². The van der Waals surface area contributed by atoms with Gasteiger partial charge in [-0.25, -0.2) is 4.68 Å². The summed E-state index contributed by atoms with van der Waals surface area (Å²) < 4.78 is 7.18. The van der Waals surface area contributed by atoms with E-state index in [-0.39, 0.29) is 6.04 Å². The van der Waals surface area contributed by atoms with Gasteiger partial charge in [0.25, 0.3) is 0 Å². The van der Waals surface area contributed by atoms with Crippen LogP contribution in [0.4, 0.5) is 0 Å². The minimum Gasteiger partial charge on any atom is -0.469 e. The molecule has 0 spiro atoms. The second kappa shape index (κ2) is 4.74. The smallest absolute Gasteiger partial charge is 0.105 e. The molecule has 0 saturated heterocycles. The molecule has 4 nitrogen and oxygen atoms in total. The van der Waals surface area contributed by atoms with E-state index in [9.17, 15) is 0 Å². The Morgan fingerprint density at radius 2 is 1.95 bits per heavy atom. The summed E-state index contributed by atoms with van der Waals surface area (Å²) in [4.78, 5) is 0. The molecule has 2 heterocycles. The molecule has 3 aromatic rings. The molecular formula is C15H15N3O. The average molecular weight is 253 g/mol. The number of furan rings is 1. The zero-order chi connectivity index (χ0) is 13.2. The number of nitrogens with zero attached hydrogens (tertiary/aromatic N) is 2. The molecule has 2 aromatic heterocycles. The predicted molar refractivity (Wildman–Crippen MR) is 73.0 cm³/mol. The van der Waals surface area contributed by atoms with Gasteiger partial charge in [0, 0.05) is 11.8 Å². The van der Waals surface area contributed by atoms with Crippen molar-refractivity contribution in [3.8, 4) is 5.69 Å². The Bertz CT molecular complexity index is 670. The zero-order valence-corrected chi connectivity index (χ0v) is 10.7. The number of aryl methyl sites for hydroxylation is 1. The van der Waals surface area contributed by atoms with Crippen LogP contribution in [0.2, 0.25) is 0 Å². The van der Waals surface area contributed by atoms with E-state index in [4.69, 9.17) is 10.2 Å². The number of rotatable bonds is 3. The second-order valence-electron chi connectivity index (χ2n) is 4.41. The van der Waals surface area contributed by atoms with Gasteiger partial charge in [0.15, 0.2) is 0 Å². The van der Waals surface area contributed by atoms with E-state index in [2.05, 4.69) is 5.10 Å². The van der Waals surface area contributed by atoms with Crippen molar-refractivity contribution in [3.05, 3.63) is 71.9 Å². The SMILES string of the molecule is Cc1occc1C(N)c1ccnn1-c1ccccc1. The van der Waals surface area contributed by atoms with E-state index in [1.807, 2.05) is 54.1 Å². The zero-order valence-electron chi connectivity index (χ0n) is 10.7. The highest BCUT2D eigenvalue weighted by Gasteiger charge is 2.18. The largest absolute Gasteiger partial charge is 0.469 e. The fourth-order valence-electron chi connectivity index (χ4n) is 2.21. The molecule has 3 rings (SSSR count). The monoisotopic (exact) mass is 253 g/mol. The van der Waals surface area contributed by atoms with Crippen molar-refractivity contribution >= 4 is 0 Å². The van der Waals surface area contributed by atoms with Crippen LogP contribution in [-0.2, 0) is 0 Å². The summed E-state index contributed by atoms with van der Waals surface area (Å²) in [6.07, 6.45) is 3.42. The first-order chi connectivity index (χ1) is 9.27. The molecule has 4 heteroatoms. The first-order valence-electron chi connectivity index (χ1n) is 6.16. The third-order valence-electron chi connectivity index (χ3n) is 3.23. The quantitative estimate of drug-likeness (QED) is 0.780. The fourth-order valence-corrected chi connectivity index (χ4v) is 2.21. The van der Waals surface area contributed by atoms with E-state index >= 15 is 0 Å². The summed E-state index contributed by atoms with van der Waals surface area (Å²) in [6, 6.07) is 13.5. The summed E-state index contributed by atoms with van der Waals surface area (Å²) in [5.74, 6) is 0.841. The Morgan fingerprint density at radius 1 is 1.16 bits per heavy atom. The Kier molecular flexibility index (Phi) is 2.93. The van der Waals surface area contributed by atoms with Gasteiger partial charge in [-0.1, -0.05) is 18.2 Å². The van der Waals surface area contributed by atoms with E-state index in [0.717, 1.165) is 22.7 Å². The summed E-state index contributed by atoms with van der Waals surface area (Å²) in [7, 11) is 0. The van der Waals surface area contributed by atoms with Gasteiger partial charge < -0.3 is 10.2 Å². The van der Waals surface area contributed by atoms with Crippen LogP contribution in [0.1, 0.15) is 23.1 Å². The molecule has 0 amide bonds. The number of hydrogen-bond acceptors (Lipinski definition) is 3. The van der Waals surface area contributed by atoms with Gasteiger partial charge in [-0.3, -0.25) is 0 Å². The van der Waals surface area contributed by atoms with Crippen molar-refractivity contribution in [2.24, 2.45) is 5.73 Å². The molecule has 0 saturated carbocycles. The van der Waals surface area contributed by atoms with Gasteiger partial charge >= 0.3 is 0 Å². The molecule has 1 aromatic carbocycles. The lowest BCUT2D eigenvalue weighted by molar-refractivity contribution is 0.526. The summed E-state index contributed by atoms with van der Waals surface area (Å²) in [6.45, 7) is 1.92. The molecule has 0 aliphatic heterocycles. The first kappa shape index (κ1) is 11.7. The van der Waals surface area contributed by atoms with E-state index in [0.29, 0.717) is 0 Å². The highest BCUT2D eigenvalue weighted by molar-refractivity contribution is 5.36. The summed E-state index contributed by atoms with van der Waals surface area (Å²) >= 11 is 0. The molecule has 2 N–H and O–H groups in total. The molecule has 19 heavy (non-hydrogen) atoms. The lowest BCUT2D eigenvalue weighted by Gasteiger charge is -2.13.